The Kier molecular flexibility index (Phi) is 5.45. The fraction of sp³-hybridized carbons (Fsp3) is 0.174. The average molecular weight is 402 g/mol. The summed E-state index contributed by atoms with van der Waals surface area (Å²) in [4.78, 5) is 25.7. The van der Waals surface area contributed by atoms with Crippen molar-refractivity contribution in [2.24, 2.45) is 0 Å². The van der Waals surface area contributed by atoms with Crippen molar-refractivity contribution >= 4 is 17.1 Å². The van der Waals surface area contributed by atoms with Crippen LogP contribution >= 0.6 is 0 Å². The molecule has 2 heterocycles. The number of amides is 1. The van der Waals surface area contributed by atoms with Gasteiger partial charge in [-0.1, -0.05) is 55.5 Å². The van der Waals surface area contributed by atoms with Gasteiger partial charge in [-0.3, -0.25) is 9.59 Å². The lowest BCUT2D eigenvalue weighted by Gasteiger charge is -2.11. The number of para-hydroxylation sites is 1. The summed E-state index contributed by atoms with van der Waals surface area (Å²) in [5, 5.41) is 17.3. The van der Waals surface area contributed by atoms with Crippen molar-refractivity contribution in [2.75, 3.05) is 5.32 Å². The van der Waals surface area contributed by atoms with E-state index in [-0.39, 0.29) is 30.1 Å². The van der Waals surface area contributed by atoms with Crippen LogP contribution in [0.25, 0.3) is 16.8 Å². The van der Waals surface area contributed by atoms with Crippen molar-refractivity contribution < 1.29 is 9.90 Å². The van der Waals surface area contributed by atoms with Gasteiger partial charge < -0.3 is 15.0 Å². The zero-order chi connectivity index (χ0) is 21.1. The fourth-order valence-corrected chi connectivity index (χ4v) is 3.55. The summed E-state index contributed by atoms with van der Waals surface area (Å²) >= 11 is 0. The first kappa shape index (κ1) is 19.6. The number of hydrogen-bond donors (Lipinski definition) is 2. The highest BCUT2D eigenvalue weighted by molar-refractivity contribution is 5.91. The number of carbonyl (C=O) groups excluding carboxylic acids is 1. The Morgan fingerprint density at radius 1 is 1.07 bits per heavy atom. The molecule has 0 radical (unpaired) electrons. The molecule has 30 heavy (non-hydrogen) atoms. The number of carbonyl (C=O) groups is 1. The summed E-state index contributed by atoms with van der Waals surface area (Å²) in [5.41, 5.74) is 3.46. The normalized spacial score (nSPS) is 11.0. The summed E-state index contributed by atoms with van der Waals surface area (Å²) < 4.78 is 2.78. The predicted molar refractivity (Wildman–Crippen MR) is 115 cm³/mol. The average Bonchev–Trinajstić information content (AvgIpc) is 3.16. The summed E-state index contributed by atoms with van der Waals surface area (Å²) in [5.74, 6) is -0.296. The number of aromatic nitrogens is 3. The van der Waals surface area contributed by atoms with Gasteiger partial charge in [0.25, 0.3) is 5.56 Å². The molecule has 152 valence electrons. The number of anilines is 1. The van der Waals surface area contributed by atoms with E-state index in [0.717, 1.165) is 23.2 Å². The van der Waals surface area contributed by atoms with Gasteiger partial charge in [0.1, 0.15) is 12.1 Å². The molecule has 0 unspecified atom stereocenters. The van der Waals surface area contributed by atoms with Crippen LogP contribution in [0.1, 0.15) is 18.1 Å². The number of aliphatic hydroxyl groups excluding tert-OH is 1. The third kappa shape index (κ3) is 3.62. The Labute approximate surface area is 173 Å². The van der Waals surface area contributed by atoms with E-state index < -0.39 is 0 Å². The Morgan fingerprint density at radius 2 is 1.80 bits per heavy atom. The van der Waals surface area contributed by atoms with Gasteiger partial charge in [0.15, 0.2) is 0 Å². The smallest absolute Gasteiger partial charge is 0.277 e. The molecule has 2 aromatic carbocycles. The first-order valence-corrected chi connectivity index (χ1v) is 9.77. The number of fused-ring (bicyclic) bond motifs is 1. The first-order chi connectivity index (χ1) is 14.6. The number of rotatable bonds is 6. The van der Waals surface area contributed by atoms with E-state index in [1.54, 1.807) is 6.20 Å². The second kappa shape index (κ2) is 8.34. The molecular formula is C23H22N4O3. The van der Waals surface area contributed by atoms with Gasteiger partial charge in [0.05, 0.1) is 12.3 Å². The molecule has 0 spiro atoms. The Morgan fingerprint density at radius 3 is 2.53 bits per heavy atom. The predicted octanol–water partition coefficient (Wildman–Crippen LogP) is 2.86. The molecule has 7 heteroatoms. The summed E-state index contributed by atoms with van der Waals surface area (Å²) in [6.45, 7) is 1.55. The third-order valence-electron chi connectivity index (χ3n) is 5.05. The number of hydrogen-bond acceptors (Lipinski definition) is 4. The summed E-state index contributed by atoms with van der Waals surface area (Å²) in [7, 11) is 0. The summed E-state index contributed by atoms with van der Waals surface area (Å²) in [6.07, 6.45) is 3.94. The van der Waals surface area contributed by atoms with Crippen molar-refractivity contribution in [1.29, 1.82) is 0 Å². The van der Waals surface area contributed by atoms with Gasteiger partial charge in [0, 0.05) is 29.2 Å². The topological polar surface area (TPSA) is 88.6 Å². The maximum absolute atomic E-state index is 13.1. The van der Waals surface area contributed by atoms with Crippen LogP contribution in [-0.2, 0) is 24.4 Å². The highest BCUT2D eigenvalue weighted by atomic mass is 16.3. The van der Waals surface area contributed by atoms with Crippen molar-refractivity contribution in [2.45, 2.75) is 26.5 Å². The zero-order valence-corrected chi connectivity index (χ0v) is 16.6. The van der Waals surface area contributed by atoms with Gasteiger partial charge in [-0.25, -0.2) is 4.52 Å². The lowest BCUT2D eigenvalue weighted by atomic mass is 10.1. The monoisotopic (exact) mass is 402 g/mol. The van der Waals surface area contributed by atoms with Crippen molar-refractivity contribution in [3.8, 4) is 11.3 Å². The van der Waals surface area contributed by atoms with E-state index in [1.165, 1.54) is 15.3 Å². The van der Waals surface area contributed by atoms with Gasteiger partial charge in [0.2, 0.25) is 5.91 Å². The van der Waals surface area contributed by atoms with E-state index in [4.69, 9.17) is 0 Å². The van der Waals surface area contributed by atoms with E-state index in [1.807, 2.05) is 61.5 Å². The van der Waals surface area contributed by atoms with Gasteiger partial charge in [-0.15, -0.1) is 0 Å². The minimum atomic E-state index is -0.379. The van der Waals surface area contributed by atoms with Crippen LogP contribution in [0.15, 0.2) is 71.8 Å². The first-order valence-electron chi connectivity index (χ1n) is 9.77. The number of benzene rings is 2. The standard InChI is InChI=1S/C23H22N4O3/c1-2-16-8-6-7-11-19(16)24-20(29)14-26-12-13-27-22(23(26)30)18(15-28)21(25-27)17-9-4-3-5-10-17/h3-13,28H,2,14-15H2,1H3,(H,24,29). The van der Waals surface area contributed by atoms with Crippen LogP contribution in [-0.4, -0.2) is 25.2 Å². The molecule has 2 N–H and O–H groups in total. The quantitative estimate of drug-likeness (QED) is 0.519. The summed E-state index contributed by atoms with van der Waals surface area (Å²) in [6, 6.07) is 17.0. The molecule has 0 aliphatic carbocycles. The van der Waals surface area contributed by atoms with Crippen molar-refractivity contribution in [1.82, 2.24) is 14.2 Å². The highest BCUT2D eigenvalue weighted by Crippen LogP contribution is 2.24. The van der Waals surface area contributed by atoms with Crippen molar-refractivity contribution in [3.63, 3.8) is 0 Å². The zero-order valence-electron chi connectivity index (χ0n) is 16.6. The highest BCUT2D eigenvalue weighted by Gasteiger charge is 2.18. The Bertz CT molecular complexity index is 1260. The molecule has 0 saturated carbocycles. The second-order valence-corrected chi connectivity index (χ2v) is 6.93. The maximum Gasteiger partial charge on any atom is 0.277 e. The maximum atomic E-state index is 13.1. The third-order valence-corrected chi connectivity index (χ3v) is 5.05. The molecular weight excluding hydrogens is 380 g/mol. The molecule has 0 bridgehead atoms. The van der Waals surface area contributed by atoms with Crippen LogP contribution < -0.4 is 10.9 Å². The van der Waals surface area contributed by atoms with Gasteiger partial charge >= 0.3 is 0 Å². The number of aliphatic hydroxyl groups is 1. The van der Waals surface area contributed by atoms with Crippen LogP contribution in [0.4, 0.5) is 5.69 Å². The number of nitrogens with one attached hydrogen (secondary N) is 1. The molecule has 7 nitrogen and oxygen atoms in total. The second-order valence-electron chi connectivity index (χ2n) is 6.93. The van der Waals surface area contributed by atoms with Gasteiger partial charge in [-0.05, 0) is 18.1 Å². The van der Waals surface area contributed by atoms with E-state index in [9.17, 15) is 14.7 Å². The molecule has 2 aromatic heterocycles. The van der Waals surface area contributed by atoms with Crippen LogP contribution in [0.5, 0.6) is 0 Å². The molecule has 4 rings (SSSR count). The van der Waals surface area contributed by atoms with Crippen LogP contribution in [0.3, 0.4) is 0 Å². The molecule has 0 aliphatic heterocycles. The molecule has 1 amide bonds. The number of aryl methyl sites for hydroxylation is 1. The SMILES string of the molecule is CCc1ccccc1NC(=O)Cn1ccn2nc(-c3ccccc3)c(CO)c2c1=O. The molecule has 0 saturated heterocycles. The number of nitrogens with zero attached hydrogens (tertiary/aromatic N) is 3. The molecule has 0 fully saturated rings. The van der Waals surface area contributed by atoms with E-state index in [0.29, 0.717) is 11.3 Å². The molecule has 0 atom stereocenters. The fourth-order valence-electron chi connectivity index (χ4n) is 3.55. The lowest BCUT2D eigenvalue weighted by molar-refractivity contribution is -0.116. The van der Waals surface area contributed by atoms with Crippen molar-refractivity contribution in [3.05, 3.63) is 88.5 Å². The minimum Gasteiger partial charge on any atom is -0.392 e. The van der Waals surface area contributed by atoms with E-state index in [2.05, 4.69) is 10.4 Å². The van der Waals surface area contributed by atoms with Crippen LogP contribution in [0.2, 0.25) is 0 Å². The van der Waals surface area contributed by atoms with Crippen LogP contribution in [0, 0.1) is 0 Å². The molecule has 0 aliphatic rings. The minimum absolute atomic E-state index is 0.135. The van der Waals surface area contributed by atoms with E-state index >= 15 is 0 Å². The largest absolute Gasteiger partial charge is 0.392 e. The molecule has 4 aromatic rings. The Balaban J connectivity index is 1.68. The lowest BCUT2D eigenvalue weighted by Crippen LogP contribution is -2.28. The van der Waals surface area contributed by atoms with Gasteiger partial charge in [-0.2, -0.15) is 5.10 Å². The Hall–Kier alpha value is -3.71.